The van der Waals surface area contributed by atoms with E-state index in [2.05, 4.69) is 40.9 Å². The van der Waals surface area contributed by atoms with Gasteiger partial charge >= 0.3 is 0 Å². The van der Waals surface area contributed by atoms with Crippen LogP contribution in [-0.2, 0) is 22.3 Å². The van der Waals surface area contributed by atoms with E-state index >= 15 is 0 Å². The van der Waals surface area contributed by atoms with E-state index in [0.29, 0.717) is 10.7 Å². The van der Waals surface area contributed by atoms with Gasteiger partial charge in [0.05, 0.1) is 6.26 Å². The van der Waals surface area contributed by atoms with Crippen molar-refractivity contribution in [1.82, 2.24) is 4.90 Å². The lowest BCUT2D eigenvalue weighted by Gasteiger charge is -2.19. The number of benzene rings is 3. The molecule has 166 valence electrons. The van der Waals surface area contributed by atoms with E-state index in [1.54, 1.807) is 23.9 Å². The molecule has 0 fully saturated rings. The summed E-state index contributed by atoms with van der Waals surface area (Å²) in [6.45, 7) is 0.781. The fraction of sp³-hybridized carbons (Fsp3) is 0.208. The Balaban J connectivity index is 1.58. The number of thioether (sulfide) groups is 1. The van der Waals surface area contributed by atoms with Gasteiger partial charge in [-0.25, -0.2) is 13.4 Å². The lowest BCUT2D eigenvalue weighted by Crippen LogP contribution is -2.22. The van der Waals surface area contributed by atoms with Crippen LogP contribution in [0.3, 0.4) is 0 Å². The van der Waals surface area contributed by atoms with Crippen molar-refractivity contribution < 1.29 is 8.42 Å². The smallest absolute Gasteiger partial charge is 0.229 e. The van der Waals surface area contributed by atoms with Crippen LogP contribution < -0.4 is 4.72 Å². The highest BCUT2D eigenvalue weighted by Crippen LogP contribution is 2.34. The first-order chi connectivity index (χ1) is 15.3. The Hall–Kier alpha value is -2.48. The van der Waals surface area contributed by atoms with Crippen LogP contribution in [0.25, 0.3) is 0 Å². The summed E-state index contributed by atoms with van der Waals surface area (Å²) in [6.07, 6.45) is 1.14. The first-order valence-electron chi connectivity index (χ1n) is 10.1. The Morgan fingerprint density at radius 3 is 2.44 bits per heavy atom. The van der Waals surface area contributed by atoms with Gasteiger partial charge in [0.25, 0.3) is 0 Å². The monoisotopic (exact) mass is 485 g/mol. The number of halogens is 1. The van der Waals surface area contributed by atoms with E-state index in [4.69, 9.17) is 16.6 Å². The van der Waals surface area contributed by atoms with Gasteiger partial charge in [-0.3, -0.25) is 4.72 Å². The predicted octanol–water partition coefficient (Wildman–Crippen LogP) is 5.54. The van der Waals surface area contributed by atoms with Crippen LogP contribution in [0, 0.1) is 0 Å². The molecule has 8 heteroatoms. The summed E-state index contributed by atoms with van der Waals surface area (Å²) in [7, 11) is -1.22. The van der Waals surface area contributed by atoms with Crippen molar-refractivity contribution >= 4 is 44.2 Å². The van der Waals surface area contributed by atoms with Gasteiger partial charge in [0.1, 0.15) is 6.04 Å². The number of anilines is 1. The molecule has 0 aliphatic carbocycles. The zero-order chi connectivity index (χ0) is 22.7. The number of hydrogen-bond acceptors (Lipinski definition) is 5. The summed E-state index contributed by atoms with van der Waals surface area (Å²) in [5.74, 6) is 0.728. The maximum absolute atomic E-state index is 11.4. The molecule has 3 aromatic rings. The molecule has 1 N–H and O–H groups in total. The number of nitrogens with zero attached hydrogens (tertiary/aromatic N) is 2. The quantitative estimate of drug-likeness (QED) is 0.515. The van der Waals surface area contributed by atoms with Crippen molar-refractivity contribution in [2.24, 2.45) is 4.99 Å². The molecule has 1 aliphatic rings. The van der Waals surface area contributed by atoms with Crippen LogP contribution in [-0.4, -0.2) is 31.8 Å². The highest BCUT2D eigenvalue weighted by molar-refractivity contribution is 8.13. The molecule has 0 bridgehead atoms. The molecule has 1 unspecified atom stereocenters. The van der Waals surface area contributed by atoms with Crippen LogP contribution >= 0.6 is 23.4 Å². The fourth-order valence-electron chi connectivity index (χ4n) is 3.62. The summed E-state index contributed by atoms with van der Waals surface area (Å²) in [6, 6.07) is 23.6. The molecule has 0 saturated heterocycles. The highest BCUT2D eigenvalue weighted by Gasteiger charge is 2.23. The summed E-state index contributed by atoms with van der Waals surface area (Å²) >= 11 is 7.79. The standard InChI is InChI=1S/C24H24ClN3O2S2/c1-28-15-19-5-3-4-6-22(19)23(18-9-11-20(25)12-10-18)26-24(28)31-16-17-7-13-21(14-8-17)27-32(2,29)30/h3-14,23,27H,15-16H2,1-2H3. The molecule has 1 atom stereocenters. The van der Waals surface area contributed by atoms with Gasteiger partial charge in [-0.1, -0.05) is 71.9 Å². The number of rotatable bonds is 5. The molecule has 0 saturated carbocycles. The highest BCUT2D eigenvalue weighted by atomic mass is 35.5. The van der Waals surface area contributed by atoms with Gasteiger partial charge < -0.3 is 4.90 Å². The van der Waals surface area contributed by atoms with E-state index in [1.807, 2.05) is 36.4 Å². The fourth-order valence-corrected chi connectivity index (χ4v) is 5.27. The van der Waals surface area contributed by atoms with Crippen LogP contribution in [0.1, 0.15) is 28.3 Å². The molecule has 0 radical (unpaired) electrons. The zero-order valence-electron chi connectivity index (χ0n) is 17.8. The van der Waals surface area contributed by atoms with Gasteiger partial charge in [0.2, 0.25) is 10.0 Å². The average Bonchev–Trinajstić information content (AvgIpc) is 2.89. The molecule has 4 rings (SSSR count). The van der Waals surface area contributed by atoms with Gasteiger partial charge in [0.15, 0.2) is 5.17 Å². The number of aliphatic imine (C=N–C) groups is 1. The van der Waals surface area contributed by atoms with Crippen molar-refractivity contribution in [3.63, 3.8) is 0 Å². The van der Waals surface area contributed by atoms with Gasteiger partial charge in [-0.05, 0) is 46.5 Å². The third-order valence-corrected chi connectivity index (χ3v) is 7.15. The maximum atomic E-state index is 11.4. The molecule has 0 amide bonds. The van der Waals surface area contributed by atoms with Crippen LogP contribution in [0.4, 0.5) is 5.69 Å². The number of nitrogens with one attached hydrogen (secondary N) is 1. The molecular formula is C24H24ClN3O2S2. The Kier molecular flexibility index (Phi) is 6.79. The third kappa shape index (κ3) is 5.65. The molecule has 0 spiro atoms. The number of fused-ring (bicyclic) bond motifs is 1. The van der Waals surface area contributed by atoms with Crippen LogP contribution in [0.5, 0.6) is 0 Å². The molecule has 32 heavy (non-hydrogen) atoms. The molecule has 1 heterocycles. The summed E-state index contributed by atoms with van der Waals surface area (Å²) in [5.41, 5.74) is 5.21. The average molecular weight is 486 g/mol. The molecule has 3 aromatic carbocycles. The van der Waals surface area contributed by atoms with Gasteiger partial charge in [0, 0.05) is 30.1 Å². The Labute approximate surface area is 198 Å². The van der Waals surface area contributed by atoms with E-state index in [1.165, 1.54) is 11.1 Å². The van der Waals surface area contributed by atoms with Crippen molar-refractivity contribution in [3.8, 4) is 0 Å². The summed E-state index contributed by atoms with van der Waals surface area (Å²) in [4.78, 5) is 7.33. The first kappa shape index (κ1) is 22.7. The van der Waals surface area contributed by atoms with E-state index < -0.39 is 10.0 Å². The van der Waals surface area contributed by atoms with Crippen LogP contribution in [0.2, 0.25) is 5.02 Å². The number of hydrogen-bond donors (Lipinski definition) is 1. The normalized spacial score (nSPS) is 16.2. The predicted molar refractivity (Wildman–Crippen MR) is 135 cm³/mol. The van der Waals surface area contributed by atoms with E-state index in [0.717, 1.165) is 34.8 Å². The third-order valence-electron chi connectivity index (χ3n) is 5.13. The second-order valence-corrected chi connectivity index (χ2v) is 10.9. The lowest BCUT2D eigenvalue weighted by molar-refractivity contribution is 0.513. The zero-order valence-corrected chi connectivity index (χ0v) is 20.2. The van der Waals surface area contributed by atoms with Crippen molar-refractivity contribution in [2.45, 2.75) is 18.3 Å². The number of sulfonamides is 1. The minimum Gasteiger partial charge on any atom is -0.350 e. The Morgan fingerprint density at radius 1 is 1.06 bits per heavy atom. The maximum Gasteiger partial charge on any atom is 0.229 e. The second-order valence-electron chi connectivity index (χ2n) is 7.78. The van der Waals surface area contributed by atoms with Gasteiger partial charge in [-0.2, -0.15) is 0 Å². The van der Waals surface area contributed by atoms with E-state index in [9.17, 15) is 8.42 Å². The van der Waals surface area contributed by atoms with Crippen molar-refractivity contribution in [3.05, 3.63) is 100 Å². The molecular weight excluding hydrogens is 462 g/mol. The van der Waals surface area contributed by atoms with Crippen LogP contribution in [0.15, 0.2) is 77.8 Å². The minimum atomic E-state index is -3.28. The Morgan fingerprint density at radius 2 is 1.75 bits per heavy atom. The molecule has 5 nitrogen and oxygen atoms in total. The van der Waals surface area contributed by atoms with Gasteiger partial charge in [-0.15, -0.1) is 0 Å². The van der Waals surface area contributed by atoms with Crippen molar-refractivity contribution in [2.75, 3.05) is 18.0 Å². The first-order valence-corrected chi connectivity index (χ1v) is 13.4. The Bertz CT molecular complexity index is 1230. The lowest BCUT2D eigenvalue weighted by atomic mass is 9.95. The largest absolute Gasteiger partial charge is 0.350 e. The topological polar surface area (TPSA) is 61.8 Å². The minimum absolute atomic E-state index is 0.0998. The summed E-state index contributed by atoms with van der Waals surface area (Å²) in [5, 5.41) is 1.67. The summed E-state index contributed by atoms with van der Waals surface area (Å²) < 4.78 is 25.3. The molecule has 0 aromatic heterocycles. The van der Waals surface area contributed by atoms with Crippen molar-refractivity contribution in [1.29, 1.82) is 0 Å². The number of amidine groups is 1. The van der Waals surface area contributed by atoms with E-state index in [-0.39, 0.29) is 6.04 Å². The SMILES string of the molecule is CN1Cc2ccccc2C(c2ccc(Cl)cc2)N=C1SCc1ccc(NS(C)(=O)=O)cc1. The molecule has 1 aliphatic heterocycles. The second kappa shape index (κ2) is 9.57.